The molecule has 0 saturated carbocycles. The average Bonchev–Trinajstić information content (AvgIpc) is 2.55. The number of rotatable bonds is 6. The molecule has 0 aliphatic carbocycles. The summed E-state index contributed by atoms with van der Waals surface area (Å²) in [6, 6.07) is 6.04. The van der Waals surface area contributed by atoms with E-state index in [1.807, 2.05) is 6.07 Å². The number of carbonyl (C=O) groups excluding carboxylic acids is 1. The molecule has 1 amide bonds. The molecule has 1 aromatic rings. The molecule has 1 atom stereocenters. The van der Waals surface area contributed by atoms with Crippen LogP contribution in [0.15, 0.2) is 24.3 Å². The number of carbonyl (C=O) groups is 2. The molecular formula is C16H20ClNO5. The first-order valence-electron chi connectivity index (χ1n) is 7.37. The highest BCUT2D eigenvalue weighted by atomic mass is 35.5. The van der Waals surface area contributed by atoms with Gasteiger partial charge >= 0.3 is 5.97 Å². The maximum Gasteiger partial charge on any atom is 0.328 e. The molecule has 23 heavy (non-hydrogen) atoms. The number of aliphatic carboxylic acids is 1. The number of ether oxygens (including phenoxy) is 2. The van der Waals surface area contributed by atoms with E-state index in [0.717, 1.165) is 0 Å². The van der Waals surface area contributed by atoms with Crippen molar-refractivity contribution in [3.05, 3.63) is 34.9 Å². The molecule has 0 aromatic heterocycles. The van der Waals surface area contributed by atoms with Crippen molar-refractivity contribution in [2.45, 2.75) is 24.3 Å². The van der Waals surface area contributed by atoms with Crippen LogP contribution in [0, 0.1) is 0 Å². The smallest absolute Gasteiger partial charge is 0.328 e. The third-order valence-corrected chi connectivity index (χ3v) is 4.44. The number of nitrogens with one attached hydrogen (secondary N) is 1. The Hall–Kier alpha value is -1.63. The lowest BCUT2D eigenvalue weighted by molar-refractivity contribution is -0.145. The maximum absolute atomic E-state index is 12.9. The highest BCUT2D eigenvalue weighted by Crippen LogP contribution is 2.38. The summed E-state index contributed by atoms with van der Waals surface area (Å²) in [5.41, 5.74) is -0.193. The molecule has 2 N–H and O–H groups in total. The minimum atomic E-state index is -1.14. The molecule has 1 aromatic carbocycles. The van der Waals surface area contributed by atoms with Crippen molar-refractivity contribution >= 4 is 23.5 Å². The predicted octanol–water partition coefficient (Wildman–Crippen LogP) is 1.60. The van der Waals surface area contributed by atoms with Gasteiger partial charge in [0.1, 0.15) is 0 Å². The zero-order chi connectivity index (χ0) is 16.9. The normalized spacial score (nSPS) is 18.2. The first-order chi connectivity index (χ1) is 11.0. The van der Waals surface area contributed by atoms with Gasteiger partial charge in [0.15, 0.2) is 6.04 Å². The van der Waals surface area contributed by atoms with E-state index >= 15 is 0 Å². The Balaban J connectivity index is 2.33. The molecule has 0 radical (unpaired) electrons. The molecule has 1 heterocycles. The summed E-state index contributed by atoms with van der Waals surface area (Å²) in [5.74, 6) is -1.50. The Morgan fingerprint density at radius 3 is 2.61 bits per heavy atom. The van der Waals surface area contributed by atoms with E-state index < -0.39 is 17.4 Å². The van der Waals surface area contributed by atoms with Crippen molar-refractivity contribution in [1.29, 1.82) is 0 Å². The van der Waals surface area contributed by atoms with Crippen LogP contribution in [0.3, 0.4) is 0 Å². The van der Waals surface area contributed by atoms with Gasteiger partial charge in [-0.05, 0) is 24.5 Å². The largest absolute Gasteiger partial charge is 0.480 e. The van der Waals surface area contributed by atoms with Crippen molar-refractivity contribution in [3.8, 4) is 0 Å². The lowest BCUT2D eigenvalue weighted by atomic mass is 9.73. The Labute approximate surface area is 139 Å². The van der Waals surface area contributed by atoms with Crippen LogP contribution in [0.4, 0.5) is 0 Å². The second-order valence-corrected chi connectivity index (χ2v) is 5.90. The molecule has 126 valence electrons. The summed E-state index contributed by atoms with van der Waals surface area (Å²) in [6.45, 7) is 0.734. The molecule has 1 aliphatic heterocycles. The van der Waals surface area contributed by atoms with E-state index in [1.54, 1.807) is 18.2 Å². The molecule has 1 saturated heterocycles. The summed E-state index contributed by atoms with van der Waals surface area (Å²) in [7, 11) is 1.39. The highest BCUT2D eigenvalue weighted by Gasteiger charge is 2.44. The summed E-state index contributed by atoms with van der Waals surface area (Å²) < 4.78 is 10.2. The average molecular weight is 342 g/mol. The molecule has 1 unspecified atom stereocenters. The topological polar surface area (TPSA) is 84.9 Å². The number of hydrogen-bond acceptors (Lipinski definition) is 4. The Bertz CT molecular complexity index is 571. The molecule has 1 fully saturated rings. The number of carboxylic acids is 1. The summed E-state index contributed by atoms with van der Waals surface area (Å²) in [5, 5.41) is 12.3. The Morgan fingerprint density at radius 1 is 1.39 bits per heavy atom. The van der Waals surface area contributed by atoms with Gasteiger partial charge in [-0.25, -0.2) is 4.79 Å². The van der Waals surface area contributed by atoms with E-state index in [4.69, 9.17) is 21.1 Å². The maximum atomic E-state index is 12.9. The van der Waals surface area contributed by atoms with Gasteiger partial charge in [0.2, 0.25) is 5.91 Å². The van der Waals surface area contributed by atoms with Crippen molar-refractivity contribution in [2.75, 3.05) is 26.9 Å². The number of benzene rings is 1. The van der Waals surface area contributed by atoms with E-state index in [1.165, 1.54) is 7.11 Å². The fraction of sp³-hybridized carbons (Fsp3) is 0.500. The van der Waals surface area contributed by atoms with Gasteiger partial charge in [-0.15, -0.1) is 0 Å². The molecular weight excluding hydrogens is 322 g/mol. The molecule has 6 nitrogen and oxygen atoms in total. The van der Waals surface area contributed by atoms with Crippen LogP contribution in [0.25, 0.3) is 0 Å². The van der Waals surface area contributed by atoms with Crippen LogP contribution >= 0.6 is 11.6 Å². The Morgan fingerprint density at radius 2 is 2.04 bits per heavy atom. The monoisotopic (exact) mass is 341 g/mol. The summed E-state index contributed by atoms with van der Waals surface area (Å²) in [4.78, 5) is 24.2. The third kappa shape index (κ3) is 3.83. The first kappa shape index (κ1) is 17.7. The minimum absolute atomic E-state index is 0.101. The zero-order valence-electron chi connectivity index (χ0n) is 12.9. The van der Waals surface area contributed by atoms with E-state index in [0.29, 0.717) is 36.6 Å². The van der Waals surface area contributed by atoms with Crippen LogP contribution in [0.2, 0.25) is 5.02 Å². The van der Waals surface area contributed by atoms with Crippen LogP contribution in [-0.2, 0) is 24.5 Å². The van der Waals surface area contributed by atoms with Gasteiger partial charge in [-0.1, -0.05) is 29.8 Å². The van der Waals surface area contributed by atoms with Gasteiger partial charge in [0.25, 0.3) is 0 Å². The number of carboxylic acid groups (broad SMARTS) is 1. The van der Waals surface area contributed by atoms with Crippen LogP contribution in [0.5, 0.6) is 0 Å². The summed E-state index contributed by atoms with van der Waals surface area (Å²) >= 11 is 6.29. The van der Waals surface area contributed by atoms with E-state index in [-0.39, 0.29) is 12.5 Å². The van der Waals surface area contributed by atoms with Gasteiger partial charge in [-0.3, -0.25) is 4.79 Å². The second-order valence-electron chi connectivity index (χ2n) is 5.49. The SMILES string of the molecule is COCC(NC(=O)C1(c2ccccc2Cl)CCOCC1)C(=O)O. The zero-order valence-corrected chi connectivity index (χ0v) is 13.6. The van der Waals surface area contributed by atoms with Gasteiger partial charge in [-0.2, -0.15) is 0 Å². The number of methoxy groups -OCH3 is 1. The number of hydrogen-bond donors (Lipinski definition) is 2. The van der Waals surface area contributed by atoms with Gasteiger partial charge < -0.3 is 19.9 Å². The predicted molar refractivity (Wildman–Crippen MR) is 84.6 cm³/mol. The third-order valence-electron chi connectivity index (χ3n) is 4.11. The van der Waals surface area contributed by atoms with Crippen LogP contribution in [-0.4, -0.2) is 50.0 Å². The second kappa shape index (κ2) is 7.77. The van der Waals surface area contributed by atoms with E-state index in [9.17, 15) is 14.7 Å². The number of halogens is 1. The van der Waals surface area contributed by atoms with Crippen LogP contribution < -0.4 is 5.32 Å². The lowest BCUT2D eigenvalue weighted by Crippen LogP contribution is -2.54. The van der Waals surface area contributed by atoms with Crippen molar-refractivity contribution in [1.82, 2.24) is 5.32 Å². The Kier molecular flexibility index (Phi) is 5.98. The summed E-state index contributed by atoms with van der Waals surface area (Å²) in [6.07, 6.45) is 0.893. The van der Waals surface area contributed by atoms with E-state index in [2.05, 4.69) is 5.32 Å². The van der Waals surface area contributed by atoms with Crippen LogP contribution in [0.1, 0.15) is 18.4 Å². The standard InChI is InChI=1S/C16H20ClNO5/c1-22-10-13(14(19)20)18-15(21)16(6-8-23-9-7-16)11-4-2-3-5-12(11)17/h2-5,13H,6-10H2,1H3,(H,18,21)(H,19,20). The van der Waals surface area contributed by atoms with Gasteiger partial charge in [0.05, 0.1) is 12.0 Å². The molecule has 7 heteroatoms. The highest BCUT2D eigenvalue weighted by molar-refractivity contribution is 6.31. The lowest BCUT2D eigenvalue weighted by Gasteiger charge is -2.37. The molecule has 1 aliphatic rings. The van der Waals surface area contributed by atoms with Crippen molar-refractivity contribution in [3.63, 3.8) is 0 Å². The van der Waals surface area contributed by atoms with Crippen molar-refractivity contribution < 1.29 is 24.2 Å². The molecule has 0 bridgehead atoms. The fourth-order valence-corrected chi connectivity index (χ4v) is 3.14. The molecule has 0 spiro atoms. The van der Waals surface area contributed by atoms with Crippen molar-refractivity contribution in [2.24, 2.45) is 0 Å². The minimum Gasteiger partial charge on any atom is -0.480 e. The first-order valence-corrected chi connectivity index (χ1v) is 7.74. The molecule has 2 rings (SSSR count). The number of amides is 1. The fourth-order valence-electron chi connectivity index (χ4n) is 2.83. The van der Waals surface area contributed by atoms with Gasteiger partial charge in [0, 0.05) is 25.3 Å². The quantitative estimate of drug-likeness (QED) is 0.821.